The summed E-state index contributed by atoms with van der Waals surface area (Å²) in [6, 6.07) is 15.6. The first-order valence-corrected chi connectivity index (χ1v) is 8.08. The van der Waals surface area contributed by atoms with Crippen molar-refractivity contribution >= 4 is 17.7 Å². The van der Waals surface area contributed by atoms with Crippen molar-refractivity contribution in [3.8, 4) is 11.5 Å². The van der Waals surface area contributed by atoms with Crippen LogP contribution in [0, 0.1) is 0 Å². The van der Waals surface area contributed by atoms with Gasteiger partial charge in [0, 0.05) is 31.9 Å². The minimum atomic E-state index is -0.128. The number of nitrogens with one attached hydrogen (secondary N) is 1. The number of carbonyl (C=O) groups excluding carboxylic acids is 1. The van der Waals surface area contributed by atoms with Crippen LogP contribution in [0.2, 0.25) is 0 Å². The third-order valence-electron chi connectivity index (χ3n) is 3.78. The summed E-state index contributed by atoms with van der Waals surface area (Å²) in [4.78, 5) is 14.0. The van der Waals surface area contributed by atoms with Gasteiger partial charge in [-0.05, 0) is 35.9 Å². The molecular formula is C20H24N2O3. The minimum Gasteiger partial charge on any atom is -0.493 e. The Morgan fingerprint density at radius 1 is 1.08 bits per heavy atom. The summed E-state index contributed by atoms with van der Waals surface area (Å²) in [5.41, 5.74) is 1.99. The maximum atomic E-state index is 11.9. The summed E-state index contributed by atoms with van der Waals surface area (Å²) in [5, 5.41) is 2.88. The molecule has 0 spiro atoms. The van der Waals surface area contributed by atoms with Crippen LogP contribution in [-0.4, -0.2) is 40.3 Å². The molecule has 2 aromatic carbocycles. The molecule has 0 atom stereocenters. The lowest BCUT2D eigenvalue weighted by Crippen LogP contribution is -2.31. The zero-order valence-electron chi connectivity index (χ0n) is 14.9. The van der Waals surface area contributed by atoms with Crippen molar-refractivity contribution in [2.75, 3.05) is 39.3 Å². The quantitative estimate of drug-likeness (QED) is 0.751. The Bertz CT molecular complexity index is 714. The second-order valence-corrected chi connectivity index (χ2v) is 5.50. The van der Waals surface area contributed by atoms with Crippen LogP contribution < -0.4 is 19.7 Å². The average molecular weight is 340 g/mol. The minimum absolute atomic E-state index is 0.128. The van der Waals surface area contributed by atoms with Crippen LogP contribution in [0.15, 0.2) is 54.6 Å². The molecule has 25 heavy (non-hydrogen) atoms. The van der Waals surface area contributed by atoms with Gasteiger partial charge in [-0.1, -0.05) is 24.3 Å². The fourth-order valence-corrected chi connectivity index (χ4v) is 2.35. The molecule has 0 unspecified atom stereocenters. The number of anilines is 1. The summed E-state index contributed by atoms with van der Waals surface area (Å²) < 4.78 is 10.4. The molecule has 0 aliphatic heterocycles. The van der Waals surface area contributed by atoms with E-state index < -0.39 is 0 Å². The van der Waals surface area contributed by atoms with Gasteiger partial charge in [0.1, 0.15) is 0 Å². The Hall–Kier alpha value is -2.95. The Morgan fingerprint density at radius 3 is 2.48 bits per heavy atom. The van der Waals surface area contributed by atoms with Crippen molar-refractivity contribution < 1.29 is 14.3 Å². The second-order valence-electron chi connectivity index (χ2n) is 5.50. The number of methoxy groups -OCH3 is 2. The van der Waals surface area contributed by atoms with E-state index in [4.69, 9.17) is 9.47 Å². The highest BCUT2D eigenvalue weighted by molar-refractivity contribution is 5.91. The Labute approximate surface area is 148 Å². The summed E-state index contributed by atoms with van der Waals surface area (Å²) in [5.74, 6) is 1.17. The van der Waals surface area contributed by atoms with Crippen LogP contribution in [0.4, 0.5) is 5.69 Å². The van der Waals surface area contributed by atoms with E-state index in [9.17, 15) is 4.79 Å². The van der Waals surface area contributed by atoms with Crippen LogP contribution >= 0.6 is 0 Å². The molecule has 0 aliphatic carbocycles. The lowest BCUT2D eigenvalue weighted by Gasteiger charge is -2.19. The van der Waals surface area contributed by atoms with Gasteiger partial charge in [0.25, 0.3) is 0 Å². The largest absolute Gasteiger partial charge is 0.493 e. The van der Waals surface area contributed by atoms with Gasteiger partial charge in [-0.2, -0.15) is 0 Å². The molecule has 0 bridgehead atoms. The van der Waals surface area contributed by atoms with E-state index in [1.54, 1.807) is 20.3 Å². The van der Waals surface area contributed by atoms with Crippen molar-refractivity contribution in [3.63, 3.8) is 0 Å². The molecule has 0 aliphatic rings. The van der Waals surface area contributed by atoms with E-state index in [1.165, 1.54) is 6.08 Å². The summed E-state index contributed by atoms with van der Waals surface area (Å²) in [7, 11) is 5.18. The SMILES string of the molecule is COc1ccc(/C=C/C(=O)NCCN(C)c2ccccc2)cc1OC. The van der Waals surface area contributed by atoms with Gasteiger partial charge in [-0.15, -0.1) is 0 Å². The van der Waals surface area contributed by atoms with Crippen LogP contribution in [0.5, 0.6) is 11.5 Å². The number of nitrogens with zero attached hydrogens (tertiary/aromatic N) is 1. The monoisotopic (exact) mass is 340 g/mol. The van der Waals surface area contributed by atoms with Crippen LogP contribution in [0.25, 0.3) is 6.08 Å². The van der Waals surface area contributed by atoms with Gasteiger partial charge in [-0.25, -0.2) is 0 Å². The lowest BCUT2D eigenvalue weighted by molar-refractivity contribution is -0.116. The van der Waals surface area contributed by atoms with Crippen LogP contribution in [0.3, 0.4) is 0 Å². The van der Waals surface area contributed by atoms with Gasteiger partial charge in [-0.3, -0.25) is 4.79 Å². The third kappa shape index (κ3) is 5.57. The number of amides is 1. The number of hydrogen-bond acceptors (Lipinski definition) is 4. The number of likely N-dealkylation sites (N-methyl/N-ethyl adjacent to an activating group) is 1. The van der Waals surface area contributed by atoms with E-state index in [2.05, 4.69) is 10.2 Å². The topological polar surface area (TPSA) is 50.8 Å². The number of benzene rings is 2. The molecule has 2 rings (SSSR count). The van der Waals surface area contributed by atoms with Gasteiger partial charge in [0.05, 0.1) is 14.2 Å². The maximum Gasteiger partial charge on any atom is 0.244 e. The van der Waals surface area contributed by atoms with E-state index in [0.29, 0.717) is 18.0 Å². The fourth-order valence-electron chi connectivity index (χ4n) is 2.35. The first-order chi connectivity index (χ1) is 12.1. The average Bonchev–Trinajstić information content (AvgIpc) is 2.66. The highest BCUT2D eigenvalue weighted by atomic mass is 16.5. The van der Waals surface area contributed by atoms with Crippen LogP contribution in [-0.2, 0) is 4.79 Å². The van der Waals surface area contributed by atoms with Gasteiger partial charge >= 0.3 is 0 Å². The van der Waals surface area contributed by atoms with Crippen molar-refractivity contribution in [2.24, 2.45) is 0 Å². The highest BCUT2D eigenvalue weighted by Crippen LogP contribution is 2.27. The molecule has 5 heteroatoms. The van der Waals surface area contributed by atoms with Crippen molar-refractivity contribution in [2.45, 2.75) is 0 Å². The fraction of sp³-hybridized carbons (Fsp3) is 0.250. The predicted molar refractivity (Wildman–Crippen MR) is 101 cm³/mol. The molecule has 0 heterocycles. The number of rotatable bonds is 8. The summed E-state index contributed by atoms with van der Waals surface area (Å²) in [6.07, 6.45) is 3.27. The normalized spacial score (nSPS) is 10.5. The molecule has 5 nitrogen and oxygen atoms in total. The smallest absolute Gasteiger partial charge is 0.244 e. The van der Waals surface area contributed by atoms with E-state index in [0.717, 1.165) is 17.8 Å². The first-order valence-electron chi connectivity index (χ1n) is 8.08. The predicted octanol–water partition coefficient (Wildman–Crippen LogP) is 2.97. The number of para-hydroxylation sites is 1. The maximum absolute atomic E-state index is 11.9. The number of carbonyl (C=O) groups is 1. The van der Waals surface area contributed by atoms with Gasteiger partial charge in [0.15, 0.2) is 11.5 Å². The molecule has 1 amide bonds. The molecule has 0 fully saturated rings. The second kappa shape index (κ2) is 9.37. The number of ether oxygens (including phenoxy) is 2. The van der Waals surface area contributed by atoms with E-state index >= 15 is 0 Å². The van der Waals surface area contributed by atoms with Gasteiger partial charge in [0.2, 0.25) is 5.91 Å². The zero-order valence-corrected chi connectivity index (χ0v) is 14.9. The molecule has 0 radical (unpaired) electrons. The van der Waals surface area contributed by atoms with E-state index in [1.807, 2.05) is 55.6 Å². The van der Waals surface area contributed by atoms with Crippen molar-refractivity contribution in [3.05, 3.63) is 60.2 Å². The third-order valence-corrected chi connectivity index (χ3v) is 3.78. The standard InChI is InChI=1S/C20H24N2O3/c1-22(17-7-5-4-6-8-17)14-13-21-20(23)12-10-16-9-11-18(24-2)19(15-16)25-3/h4-12,15H,13-14H2,1-3H3,(H,21,23)/b12-10+. The molecule has 132 valence electrons. The lowest BCUT2D eigenvalue weighted by atomic mass is 10.2. The van der Waals surface area contributed by atoms with Crippen molar-refractivity contribution in [1.29, 1.82) is 0 Å². The Kier molecular flexibility index (Phi) is 6.89. The Balaban J connectivity index is 1.83. The highest BCUT2D eigenvalue weighted by Gasteiger charge is 2.04. The Morgan fingerprint density at radius 2 is 1.80 bits per heavy atom. The van der Waals surface area contributed by atoms with Gasteiger partial charge < -0.3 is 19.7 Å². The zero-order chi connectivity index (χ0) is 18.1. The molecule has 0 saturated carbocycles. The number of hydrogen-bond donors (Lipinski definition) is 1. The molecule has 0 aromatic heterocycles. The van der Waals surface area contributed by atoms with Crippen molar-refractivity contribution in [1.82, 2.24) is 5.32 Å². The first kappa shape index (κ1) is 18.4. The molecular weight excluding hydrogens is 316 g/mol. The van der Waals surface area contributed by atoms with E-state index in [-0.39, 0.29) is 5.91 Å². The summed E-state index contributed by atoms with van der Waals surface area (Å²) >= 11 is 0. The molecule has 0 saturated heterocycles. The summed E-state index contributed by atoms with van der Waals surface area (Å²) in [6.45, 7) is 1.31. The van der Waals surface area contributed by atoms with Crippen LogP contribution in [0.1, 0.15) is 5.56 Å². The molecule has 1 N–H and O–H groups in total. The molecule has 2 aromatic rings.